The van der Waals surface area contributed by atoms with Crippen LogP contribution in [-0.2, 0) is 16.0 Å². The van der Waals surface area contributed by atoms with Crippen molar-refractivity contribution in [3.63, 3.8) is 0 Å². The molecule has 2 N–H and O–H groups in total. The maximum Gasteiger partial charge on any atom is 0.488 e. The Labute approximate surface area is 161 Å². The van der Waals surface area contributed by atoms with E-state index in [0.717, 1.165) is 5.56 Å². The number of fused-ring (bicyclic) bond motifs is 2. The van der Waals surface area contributed by atoms with E-state index in [4.69, 9.17) is 9.47 Å². The molecule has 1 atom stereocenters. The van der Waals surface area contributed by atoms with Crippen LogP contribution in [-0.4, -0.2) is 36.9 Å². The van der Waals surface area contributed by atoms with Gasteiger partial charge in [-0.1, -0.05) is 6.07 Å². The van der Waals surface area contributed by atoms with Crippen molar-refractivity contribution >= 4 is 24.1 Å². The number of hydrogen-bond acceptors (Lipinski definition) is 6. The van der Waals surface area contributed by atoms with E-state index in [9.17, 15) is 19.2 Å². The number of carbonyl (C=O) groups is 1. The molecule has 0 radical (unpaired) electrons. The van der Waals surface area contributed by atoms with Gasteiger partial charge in [0.15, 0.2) is 0 Å². The van der Waals surface area contributed by atoms with E-state index < -0.39 is 25.0 Å². The van der Waals surface area contributed by atoms with Crippen LogP contribution in [0.3, 0.4) is 0 Å². The lowest BCUT2D eigenvalue weighted by molar-refractivity contribution is -0.134. The zero-order chi connectivity index (χ0) is 19.8. The van der Waals surface area contributed by atoms with Crippen molar-refractivity contribution in [3.8, 4) is 11.5 Å². The first kappa shape index (κ1) is 18.5. The minimum absolute atomic E-state index is 0.256. The summed E-state index contributed by atoms with van der Waals surface area (Å²) in [5.41, 5.74) is 2.74. The maximum absolute atomic E-state index is 14.4. The molecule has 0 bridgehead atoms. The Morgan fingerprint density at radius 1 is 1.32 bits per heavy atom. The monoisotopic (exact) mass is 384 g/mol. The molecule has 144 valence electrons. The molecule has 0 saturated heterocycles. The van der Waals surface area contributed by atoms with Gasteiger partial charge in [0, 0.05) is 28.8 Å². The van der Waals surface area contributed by atoms with Gasteiger partial charge in [0.05, 0.1) is 7.11 Å². The first-order valence-electron chi connectivity index (χ1n) is 8.87. The third-order valence-electron chi connectivity index (χ3n) is 5.05. The summed E-state index contributed by atoms with van der Waals surface area (Å²) in [7, 11) is -0.339. The molecule has 0 spiro atoms. The highest BCUT2D eigenvalue weighted by Gasteiger charge is 2.32. The molecule has 1 aliphatic heterocycles. The van der Waals surface area contributed by atoms with E-state index in [1.165, 1.54) is 25.3 Å². The van der Waals surface area contributed by atoms with Gasteiger partial charge in [-0.25, -0.2) is 9.18 Å². The highest BCUT2D eigenvalue weighted by Crippen LogP contribution is 2.40. The summed E-state index contributed by atoms with van der Waals surface area (Å²) < 4.78 is 30.6. The molecule has 0 fully saturated rings. The van der Waals surface area contributed by atoms with Crippen LogP contribution in [0, 0.1) is 5.82 Å². The van der Waals surface area contributed by atoms with Gasteiger partial charge in [0.1, 0.15) is 30.0 Å². The SMILES string of the molecule is COC(=O)/C=C1\COc2cc(O[C@@H]3CCc4c(B(O)O)ccc(F)c43)ccc21. The van der Waals surface area contributed by atoms with Gasteiger partial charge in [-0.15, -0.1) is 0 Å². The Morgan fingerprint density at radius 2 is 2.14 bits per heavy atom. The minimum atomic E-state index is -1.65. The molecule has 28 heavy (non-hydrogen) atoms. The Hall–Kier alpha value is -2.84. The smallest absolute Gasteiger partial charge is 0.488 e. The second kappa shape index (κ2) is 7.29. The fourth-order valence-corrected chi connectivity index (χ4v) is 3.74. The number of rotatable bonds is 4. The number of methoxy groups -OCH3 is 1. The fraction of sp³-hybridized carbons (Fsp3) is 0.250. The first-order valence-corrected chi connectivity index (χ1v) is 8.87. The highest BCUT2D eigenvalue weighted by atomic mass is 19.1. The van der Waals surface area contributed by atoms with Crippen molar-refractivity contribution in [3.05, 3.63) is 58.9 Å². The van der Waals surface area contributed by atoms with Crippen LogP contribution in [0.15, 0.2) is 36.4 Å². The molecular weight excluding hydrogens is 366 g/mol. The quantitative estimate of drug-likeness (QED) is 0.473. The van der Waals surface area contributed by atoms with Crippen molar-refractivity contribution < 1.29 is 33.4 Å². The Balaban J connectivity index is 1.59. The van der Waals surface area contributed by atoms with Crippen molar-refractivity contribution in [2.45, 2.75) is 18.9 Å². The van der Waals surface area contributed by atoms with Crippen molar-refractivity contribution in [1.82, 2.24) is 0 Å². The standard InChI is InChI=1S/C20H18BFO6/c1-26-19(23)8-11-10-27-18-9-12(2-3-13(11)18)28-17-7-4-14-15(21(24)25)5-6-16(22)20(14)17/h2-3,5-6,8-9,17,24-25H,4,7,10H2,1H3/b11-8+/t17-/m1/s1. The lowest BCUT2D eigenvalue weighted by atomic mass is 9.76. The van der Waals surface area contributed by atoms with Crippen LogP contribution >= 0.6 is 0 Å². The fourth-order valence-electron chi connectivity index (χ4n) is 3.74. The zero-order valence-corrected chi connectivity index (χ0v) is 15.1. The second-order valence-corrected chi connectivity index (χ2v) is 6.69. The van der Waals surface area contributed by atoms with Gasteiger partial charge in [-0.2, -0.15) is 0 Å². The molecule has 2 aromatic carbocycles. The van der Waals surface area contributed by atoms with E-state index in [1.807, 2.05) is 0 Å². The number of benzene rings is 2. The van der Waals surface area contributed by atoms with E-state index in [1.54, 1.807) is 18.2 Å². The summed E-state index contributed by atoms with van der Waals surface area (Å²) in [6.45, 7) is 0.256. The Bertz CT molecular complexity index is 971. The number of esters is 1. The van der Waals surface area contributed by atoms with Gasteiger partial charge in [-0.3, -0.25) is 0 Å². The zero-order valence-electron chi connectivity index (χ0n) is 15.1. The molecule has 6 nitrogen and oxygen atoms in total. The van der Waals surface area contributed by atoms with E-state index in [0.29, 0.717) is 46.5 Å². The van der Waals surface area contributed by atoms with Gasteiger partial charge >= 0.3 is 13.1 Å². The van der Waals surface area contributed by atoms with Crippen LogP contribution in [0.5, 0.6) is 11.5 Å². The minimum Gasteiger partial charge on any atom is -0.488 e. The van der Waals surface area contributed by atoms with Crippen molar-refractivity contribution in [1.29, 1.82) is 0 Å². The normalized spacial score (nSPS) is 18.4. The van der Waals surface area contributed by atoms with Crippen molar-refractivity contribution in [2.24, 2.45) is 0 Å². The number of carbonyl (C=O) groups excluding carboxylic acids is 1. The predicted molar refractivity (Wildman–Crippen MR) is 99.8 cm³/mol. The molecule has 0 aromatic heterocycles. The van der Waals surface area contributed by atoms with Crippen LogP contribution in [0.1, 0.15) is 29.2 Å². The molecule has 0 amide bonds. The molecule has 4 rings (SSSR count). The summed E-state index contributed by atoms with van der Waals surface area (Å²) >= 11 is 0. The average Bonchev–Trinajstić information content (AvgIpc) is 3.27. The van der Waals surface area contributed by atoms with Gasteiger partial charge in [0.2, 0.25) is 0 Å². The first-order chi connectivity index (χ1) is 13.5. The molecule has 1 aliphatic carbocycles. The van der Waals surface area contributed by atoms with Crippen LogP contribution in [0.25, 0.3) is 5.57 Å². The topological polar surface area (TPSA) is 85.2 Å². The molecule has 2 aliphatic rings. The number of hydrogen-bond donors (Lipinski definition) is 2. The third-order valence-corrected chi connectivity index (χ3v) is 5.05. The molecule has 8 heteroatoms. The summed E-state index contributed by atoms with van der Waals surface area (Å²) in [6.07, 6.45) is 1.88. The maximum atomic E-state index is 14.4. The second-order valence-electron chi connectivity index (χ2n) is 6.69. The molecular formula is C20H18BFO6. The van der Waals surface area contributed by atoms with E-state index in [2.05, 4.69) is 4.74 Å². The summed E-state index contributed by atoms with van der Waals surface area (Å²) in [6, 6.07) is 7.84. The largest absolute Gasteiger partial charge is 0.488 e. The van der Waals surface area contributed by atoms with Gasteiger partial charge < -0.3 is 24.3 Å². The van der Waals surface area contributed by atoms with Gasteiger partial charge in [0.25, 0.3) is 0 Å². The lowest BCUT2D eigenvalue weighted by Crippen LogP contribution is -2.33. The Morgan fingerprint density at radius 3 is 2.89 bits per heavy atom. The molecule has 0 saturated carbocycles. The van der Waals surface area contributed by atoms with Crippen LogP contribution < -0.4 is 14.9 Å². The molecule has 0 unspecified atom stereocenters. The molecule has 1 heterocycles. The average molecular weight is 384 g/mol. The van der Waals surface area contributed by atoms with E-state index in [-0.39, 0.29) is 6.61 Å². The summed E-state index contributed by atoms with van der Waals surface area (Å²) in [5, 5.41) is 19.0. The lowest BCUT2D eigenvalue weighted by Gasteiger charge is -2.17. The van der Waals surface area contributed by atoms with Crippen LogP contribution in [0.4, 0.5) is 4.39 Å². The molecule has 2 aromatic rings. The number of ether oxygens (including phenoxy) is 3. The highest BCUT2D eigenvalue weighted by molar-refractivity contribution is 6.59. The third kappa shape index (κ3) is 3.25. The predicted octanol–water partition coefficient (Wildman–Crippen LogP) is 1.52. The van der Waals surface area contributed by atoms with E-state index >= 15 is 0 Å². The van der Waals surface area contributed by atoms with Crippen molar-refractivity contribution in [2.75, 3.05) is 13.7 Å². The Kier molecular flexibility index (Phi) is 4.83. The van der Waals surface area contributed by atoms with Gasteiger partial charge in [-0.05, 0) is 42.1 Å². The number of halogens is 1. The summed E-state index contributed by atoms with van der Waals surface area (Å²) in [4.78, 5) is 11.4. The summed E-state index contributed by atoms with van der Waals surface area (Å²) in [5.74, 6) is 0.199. The van der Waals surface area contributed by atoms with Crippen LogP contribution in [0.2, 0.25) is 0 Å².